The molecule has 0 amide bonds. The van der Waals surface area contributed by atoms with Gasteiger partial charge in [0, 0.05) is 18.4 Å². The van der Waals surface area contributed by atoms with Gasteiger partial charge >= 0.3 is 0 Å². The van der Waals surface area contributed by atoms with Crippen molar-refractivity contribution >= 4 is 31.5 Å². The summed E-state index contributed by atoms with van der Waals surface area (Å²) >= 11 is 3.38. The second-order valence-corrected chi connectivity index (χ2v) is 7.04. The highest BCUT2D eigenvalue weighted by molar-refractivity contribution is 9.10. The number of nitrogens with zero attached hydrogens (tertiary/aromatic N) is 1. The van der Waals surface area contributed by atoms with Gasteiger partial charge in [0.25, 0.3) is 0 Å². The van der Waals surface area contributed by atoms with E-state index in [0.29, 0.717) is 5.75 Å². The Hall–Kier alpha value is -0.620. The van der Waals surface area contributed by atoms with Crippen LogP contribution in [0.5, 0.6) is 0 Å². The SMILES string of the molecule is O=S1(=O)CCCC(Nc2ccncc2Br)C1. The number of aromatic nitrogens is 1. The van der Waals surface area contributed by atoms with Crippen LogP contribution >= 0.6 is 15.9 Å². The van der Waals surface area contributed by atoms with Crippen LogP contribution in [0.2, 0.25) is 0 Å². The summed E-state index contributed by atoms with van der Waals surface area (Å²) in [4.78, 5) is 3.96. The van der Waals surface area contributed by atoms with Gasteiger partial charge in [-0.05, 0) is 34.8 Å². The first-order chi connectivity index (χ1) is 7.57. The van der Waals surface area contributed by atoms with Gasteiger partial charge in [-0.1, -0.05) is 0 Å². The van der Waals surface area contributed by atoms with Gasteiger partial charge in [-0.15, -0.1) is 0 Å². The quantitative estimate of drug-likeness (QED) is 0.905. The maximum absolute atomic E-state index is 11.5. The summed E-state index contributed by atoms with van der Waals surface area (Å²) in [7, 11) is -2.86. The molecule has 2 rings (SSSR count). The summed E-state index contributed by atoms with van der Waals surface area (Å²) in [6, 6.07) is 1.85. The summed E-state index contributed by atoms with van der Waals surface area (Å²) in [5, 5.41) is 3.24. The van der Waals surface area contributed by atoms with Crippen molar-refractivity contribution in [3.05, 3.63) is 22.9 Å². The van der Waals surface area contributed by atoms with Gasteiger partial charge in [-0.3, -0.25) is 4.98 Å². The number of sulfone groups is 1. The zero-order chi connectivity index (χ0) is 11.6. The van der Waals surface area contributed by atoms with Crippen LogP contribution in [-0.4, -0.2) is 30.9 Å². The van der Waals surface area contributed by atoms with E-state index in [1.165, 1.54) is 0 Å². The molecule has 1 aromatic heterocycles. The van der Waals surface area contributed by atoms with Gasteiger partial charge in [-0.2, -0.15) is 0 Å². The summed E-state index contributed by atoms with van der Waals surface area (Å²) < 4.78 is 23.8. The molecule has 1 aromatic rings. The average Bonchev–Trinajstić information content (AvgIpc) is 2.20. The lowest BCUT2D eigenvalue weighted by molar-refractivity contribution is 0.562. The highest BCUT2D eigenvalue weighted by Gasteiger charge is 2.24. The van der Waals surface area contributed by atoms with Gasteiger partial charge in [0.1, 0.15) is 0 Å². The molecule has 0 aromatic carbocycles. The first-order valence-corrected chi connectivity index (χ1v) is 7.75. The Labute approximate surface area is 104 Å². The minimum atomic E-state index is -2.86. The topological polar surface area (TPSA) is 59.1 Å². The van der Waals surface area contributed by atoms with Crippen LogP contribution in [0.1, 0.15) is 12.8 Å². The Morgan fingerprint density at radius 2 is 2.31 bits per heavy atom. The minimum Gasteiger partial charge on any atom is -0.380 e. The molecular weight excluding hydrogens is 292 g/mol. The van der Waals surface area contributed by atoms with Gasteiger partial charge in [-0.25, -0.2) is 8.42 Å². The van der Waals surface area contributed by atoms with E-state index in [2.05, 4.69) is 26.2 Å². The van der Waals surface area contributed by atoms with Gasteiger partial charge in [0.15, 0.2) is 9.84 Å². The monoisotopic (exact) mass is 304 g/mol. The molecule has 0 spiro atoms. The van der Waals surface area contributed by atoms with E-state index in [4.69, 9.17) is 0 Å². The number of nitrogens with one attached hydrogen (secondary N) is 1. The van der Waals surface area contributed by atoms with Crippen LogP contribution in [0.3, 0.4) is 0 Å². The van der Waals surface area contributed by atoms with Crippen molar-refractivity contribution in [1.29, 1.82) is 0 Å². The van der Waals surface area contributed by atoms with Crippen LogP contribution in [-0.2, 0) is 9.84 Å². The molecule has 0 saturated carbocycles. The lowest BCUT2D eigenvalue weighted by Gasteiger charge is -2.24. The molecule has 88 valence electrons. The first kappa shape index (κ1) is 11.9. The molecular formula is C10H13BrN2O2S. The number of anilines is 1. The molecule has 0 bridgehead atoms. The molecule has 1 saturated heterocycles. The largest absolute Gasteiger partial charge is 0.380 e. The predicted octanol–water partition coefficient (Wildman–Crippen LogP) is 1.83. The fourth-order valence-electron chi connectivity index (χ4n) is 1.85. The van der Waals surface area contributed by atoms with E-state index in [9.17, 15) is 8.42 Å². The van der Waals surface area contributed by atoms with Crippen LogP contribution in [0.25, 0.3) is 0 Å². The molecule has 6 heteroatoms. The molecule has 2 heterocycles. The van der Waals surface area contributed by atoms with Crippen molar-refractivity contribution in [2.75, 3.05) is 16.8 Å². The molecule has 1 N–H and O–H groups in total. The summed E-state index contributed by atoms with van der Waals surface area (Å²) in [5.74, 6) is 0.546. The zero-order valence-corrected chi connectivity index (χ0v) is 11.1. The normalized spacial score (nSPS) is 23.9. The Kier molecular flexibility index (Phi) is 3.49. The Balaban J connectivity index is 2.08. The minimum absolute atomic E-state index is 0.0115. The third-order valence-electron chi connectivity index (χ3n) is 2.60. The number of halogens is 1. The van der Waals surface area contributed by atoms with E-state index in [1.54, 1.807) is 12.4 Å². The Morgan fingerprint density at radius 3 is 3.00 bits per heavy atom. The van der Waals surface area contributed by atoms with Gasteiger partial charge in [0.05, 0.1) is 21.7 Å². The van der Waals surface area contributed by atoms with E-state index in [0.717, 1.165) is 23.0 Å². The van der Waals surface area contributed by atoms with Crippen molar-refractivity contribution in [2.45, 2.75) is 18.9 Å². The first-order valence-electron chi connectivity index (χ1n) is 5.13. The third-order valence-corrected chi connectivity index (χ3v) is 5.05. The van der Waals surface area contributed by atoms with Gasteiger partial charge in [0.2, 0.25) is 0 Å². The third kappa shape index (κ3) is 2.95. The van der Waals surface area contributed by atoms with E-state index in [-0.39, 0.29) is 11.8 Å². The summed E-state index contributed by atoms with van der Waals surface area (Å²) in [6.45, 7) is 0. The van der Waals surface area contributed by atoms with Crippen LogP contribution in [0.4, 0.5) is 5.69 Å². The zero-order valence-electron chi connectivity index (χ0n) is 8.69. The summed E-state index contributed by atoms with van der Waals surface area (Å²) in [6.07, 6.45) is 5.01. The molecule has 0 radical (unpaired) electrons. The fraction of sp³-hybridized carbons (Fsp3) is 0.500. The van der Waals surface area contributed by atoms with E-state index in [1.807, 2.05) is 6.07 Å². The van der Waals surface area contributed by atoms with Crippen LogP contribution in [0, 0.1) is 0 Å². The Bertz CT molecular complexity index is 475. The smallest absolute Gasteiger partial charge is 0.152 e. The lowest BCUT2D eigenvalue weighted by atomic mass is 10.2. The Morgan fingerprint density at radius 1 is 1.50 bits per heavy atom. The number of hydrogen-bond acceptors (Lipinski definition) is 4. The van der Waals surface area contributed by atoms with Crippen molar-refractivity contribution in [2.24, 2.45) is 0 Å². The van der Waals surface area contributed by atoms with Crippen LogP contribution in [0.15, 0.2) is 22.9 Å². The maximum Gasteiger partial charge on any atom is 0.152 e. The highest BCUT2D eigenvalue weighted by Crippen LogP contribution is 2.23. The highest BCUT2D eigenvalue weighted by atomic mass is 79.9. The maximum atomic E-state index is 11.5. The second kappa shape index (κ2) is 4.71. The van der Waals surface area contributed by atoms with Crippen molar-refractivity contribution in [1.82, 2.24) is 4.98 Å². The number of hydrogen-bond donors (Lipinski definition) is 1. The average molecular weight is 305 g/mol. The number of pyridine rings is 1. The van der Waals surface area contributed by atoms with Crippen molar-refractivity contribution in [3.8, 4) is 0 Å². The fourth-order valence-corrected chi connectivity index (χ4v) is 3.85. The summed E-state index contributed by atoms with van der Waals surface area (Å²) in [5.41, 5.74) is 0.900. The van der Waals surface area contributed by atoms with E-state index >= 15 is 0 Å². The molecule has 1 aliphatic heterocycles. The molecule has 16 heavy (non-hydrogen) atoms. The molecule has 4 nitrogen and oxygen atoms in total. The standard InChI is InChI=1S/C10H13BrN2O2S/c11-9-6-12-4-3-10(9)13-8-2-1-5-16(14,15)7-8/h3-4,6,8H,1-2,5,7H2,(H,12,13). The van der Waals surface area contributed by atoms with Gasteiger partial charge < -0.3 is 5.32 Å². The predicted molar refractivity (Wildman–Crippen MR) is 67.2 cm³/mol. The van der Waals surface area contributed by atoms with Crippen molar-refractivity contribution < 1.29 is 8.42 Å². The molecule has 1 atom stereocenters. The molecule has 1 fully saturated rings. The molecule has 1 unspecified atom stereocenters. The lowest BCUT2D eigenvalue weighted by Crippen LogP contribution is -2.34. The van der Waals surface area contributed by atoms with E-state index < -0.39 is 9.84 Å². The second-order valence-electron chi connectivity index (χ2n) is 3.95. The number of rotatable bonds is 2. The van der Waals surface area contributed by atoms with Crippen molar-refractivity contribution in [3.63, 3.8) is 0 Å². The van der Waals surface area contributed by atoms with Crippen LogP contribution < -0.4 is 5.32 Å². The molecule has 0 aliphatic carbocycles. The molecule has 1 aliphatic rings.